The van der Waals surface area contributed by atoms with Crippen molar-refractivity contribution in [1.29, 1.82) is 0 Å². The van der Waals surface area contributed by atoms with Gasteiger partial charge in [-0.1, -0.05) is 5.16 Å². The molecule has 0 radical (unpaired) electrons. The monoisotopic (exact) mass is 371 g/mol. The fraction of sp³-hybridized carbons (Fsp3) is 0.500. The number of hydrogen-bond donors (Lipinski definition) is 1. The zero-order chi connectivity index (χ0) is 18.8. The molecule has 2 saturated heterocycles. The van der Waals surface area contributed by atoms with Gasteiger partial charge >= 0.3 is 0 Å². The number of fused-ring (bicyclic) bond motifs is 1. The average molecular weight is 371 g/mol. The number of pyridine rings is 1. The van der Waals surface area contributed by atoms with Gasteiger partial charge in [-0.05, 0) is 37.8 Å². The number of hydrogen-bond acceptors (Lipinski definition) is 7. The first-order valence-corrected chi connectivity index (χ1v) is 9.02. The van der Waals surface area contributed by atoms with Crippen LogP contribution in [0.25, 0.3) is 0 Å². The number of anilines is 1. The first-order chi connectivity index (χ1) is 13.1. The molecular formula is C18H21N5O4. The molecule has 2 aliphatic heterocycles. The Hall–Kier alpha value is -2.81. The zero-order valence-electron chi connectivity index (χ0n) is 15.0. The van der Waals surface area contributed by atoms with E-state index in [2.05, 4.69) is 20.4 Å². The van der Waals surface area contributed by atoms with Gasteiger partial charge in [0.2, 0.25) is 11.8 Å². The van der Waals surface area contributed by atoms with E-state index in [1.165, 1.54) is 0 Å². The van der Waals surface area contributed by atoms with Crippen molar-refractivity contribution < 1.29 is 18.8 Å². The molecule has 2 aliphatic rings. The molecule has 3 atom stereocenters. The zero-order valence-corrected chi connectivity index (χ0v) is 15.0. The highest BCUT2D eigenvalue weighted by atomic mass is 16.5. The maximum absolute atomic E-state index is 12.5. The minimum atomic E-state index is -0.506. The number of aromatic nitrogens is 3. The van der Waals surface area contributed by atoms with Gasteiger partial charge in [-0.3, -0.25) is 14.6 Å². The molecule has 27 heavy (non-hydrogen) atoms. The normalized spacial score (nSPS) is 24.5. The number of aryl methyl sites for hydroxylation is 1. The lowest BCUT2D eigenvalue weighted by atomic mass is 9.91. The Labute approximate surface area is 156 Å². The van der Waals surface area contributed by atoms with E-state index < -0.39 is 6.10 Å². The highest BCUT2D eigenvalue weighted by Crippen LogP contribution is 2.34. The summed E-state index contributed by atoms with van der Waals surface area (Å²) in [5.41, 5.74) is 0.646. The number of rotatable bonds is 4. The molecule has 0 unspecified atom stereocenters. The standard InChI is InChI=1S/C18H21N5O4/c1-11-20-16(27-22-11)8-17(24)23-6-4-12-7-14(26-15(12)10-23)18(25)21-13-3-2-5-19-9-13/h2-3,5,9,12,14-15H,4,6-8,10H2,1H3,(H,21,25)/t12-,14-,15-/m0/s1. The number of carbonyl (C=O) groups is 2. The molecule has 0 spiro atoms. The number of nitrogens with one attached hydrogen (secondary N) is 1. The van der Waals surface area contributed by atoms with Crippen LogP contribution in [0.1, 0.15) is 24.6 Å². The van der Waals surface area contributed by atoms with E-state index in [0.29, 0.717) is 36.9 Å². The molecule has 2 aromatic heterocycles. The predicted molar refractivity (Wildman–Crippen MR) is 93.6 cm³/mol. The summed E-state index contributed by atoms with van der Waals surface area (Å²) in [7, 11) is 0. The van der Waals surface area contributed by atoms with E-state index in [1.807, 2.05) is 0 Å². The highest BCUT2D eigenvalue weighted by molar-refractivity contribution is 5.94. The summed E-state index contributed by atoms with van der Waals surface area (Å²) in [6.45, 7) is 2.84. The Bertz CT molecular complexity index is 824. The van der Waals surface area contributed by atoms with Crippen LogP contribution >= 0.6 is 0 Å². The van der Waals surface area contributed by atoms with Gasteiger partial charge in [-0.2, -0.15) is 4.98 Å². The van der Waals surface area contributed by atoms with Crippen molar-refractivity contribution in [2.24, 2.45) is 5.92 Å². The Morgan fingerprint density at radius 2 is 2.30 bits per heavy atom. The third-order valence-electron chi connectivity index (χ3n) is 5.00. The summed E-state index contributed by atoms with van der Waals surface area (Å²) in [5.74, 6) is 0.878. The summed E-state index contributed by atoms with van der Waals surface area (Å²) < 4.78 is 11.0. The maximum atomic E-state index is 12.5. The van der Waals surface area contributed by atoms with Gasteiger partial charge in [-0.15, -0.1) is 0 Å². The maximum Gasteiger partial charge on any atom is 0.253 e. The van der Waals surface area contributed by atoms with Crippen molar-refractivity contribution in [3.8, 4) is 0 Å². The quantitative estimate of drug-likeness (QED) is 0.852. The number of likely N-dealkylation sites (tertiary alicyclic amines) is 1. The summed E-state index contributed by atoms with van der Waals surface area (Å²) in [5, 5.41) is 6.53. The Morgan fingerprint density at radius 1 is 1.41 bits per heavy atom. The fourth-order valence-corrected chi connectivity index (χ4v) is 3.64. The number of piperidine rings is 1. The van der Waals surface area contributed by atoms with E-state index in [-0.39, 0.29) is 30.3 Å². The van der Waals surface area contributed by atoms with Gasteiger partial charge in [0, 0.05) is 19.3 Å². The van der Waals surface area contributed by atoms with Crippen molar-refractivity contribution in [1.82, 2.24) is 20.0 Å². The lowest BCUT2D eigenvalue weighted by molar-refractivity contribution is -0.136. The Balaban J connectivity index is 1.32. The predicted octanol–water partition coefficient (Wildman–Crippen LogP) is 0.960. The minimum absolute atomic E-state index is 0.0658. The molecule has 1 N–H and O–H groups in total. The molecule has 142 valence electrons. The van der Waals surface area contributed by atoms with Gasteiger partial charge in [0.1, 0.15) is 12.5 Å². The van der Waals surface area contributed by atoms with Gasteiger partial charge in [0.05, 0.1) is 18.0 Å². The summed E-state index contributed by atoms with van der Waals surface area (Å²) in [4.78, 5) is 34.7. The summed E-state index contributed by atoms with van der Waals surface area (Å²) in [6.07, 6.45) is 4.18. The van der Waals surface area contributed by atoms with Crippen molar-refractivity contribution in [3.63, 3.8) is 0 Å². The van der Waals surface area contributed by atoms with Crippen LogP contribution in [0.15, 0.2) is 29.0 Å². The number of ether oxygens (including phenoxy) is 1. The van der Waals surface area contributed by atoms with Crippen molar-refractivity contribution in [2.45, 2.75) is 38.4 Å². The molecular weight excluding hydrogens is 350 g/mol. The Morgan fingerprint density at radius 3 is 3.04 bits per heavy atom. The molecule has 2 fully saturated rings. The molecule has 9 heteroatoms. The van der Waals surface area contributed by atoms with Crippen LogP contribution in [0.3, 0.4) is 0 Å². The number of amides is 2. The van der Waals surface area contributed by atoms with E-state index >= 15 is 0 Å². The third kappa shape index (κ3) is 3.97. The summed E-state index contributed by atoms with van der Waals surface area (Å²) >= 11 is 0. The molecule has 0 bridgehead atoms. The van der Waals surface area contributed by atoms with Gasteiger partial charge in [0.25, 0.3) is 5.91 Å². The van der Waals surface area contributed by atoms with Crippen LogP contribution in [0.4, 0.5) is 5.69 Å². The van der Waals surface area contributed by atoms with Crippen molar-refractivity contribution in [2.75, 3.05) is 18.4 Å². The second-order valence-corrected chi connectivity index (χ2v) is 6.93. The number of carbonyl (C=O) groups excluding carboxylic acids is 2. The molecule has 0 aromatic carbocycles. The molecule has 2 aromatic rings. The Kier molecular flexibility index (Phi) is 4.85. The first-order valence-electron chi connectivity index (χ1n) is 9.02. The van der Waals surface area contributed by atoms with Crippen LogP contribution in [0.5, 0.6) is 0 Å². The minimum Gasteiger partial charge on any atom is -0.363 e. The second kappa shape index (κ2) is 7.43. The van der Waals surface area contributed by atoms with Crippen LogP contribution in [-0.2, 0) is 20.7 Å². The van der Waals surface area contributed by atoms with E-state index in [9.17, 15) is 9.59 Å². The van der Waals surface area contributed by atoms with Crippen LogP contribution < -0.4 is 5.32 Å². The summed E-state index contributed by atoms with van der Waals surface area (Å²) in [6, 6.07) is 3.55. The first kappa shape index (κ1) is 17.6. The van der Waals surface area contributed by atoms with Crippen LogP contribution in [0, 0.1) is 12.8 Å². The fourth-order valence-electron chi connectivity index (χ4n) is 3.64. The van der Waals surface area contributed by atoms with E-state index in [1.54, 1.807) is 36.4 Å². The third-order valence-corrected chi connectivity index (χ3v) is 5.00. The smallest absolute Gasteiger partial charge is 0.253 e. The van der Waals surface area contributed by atoms with Gasteiger partial charge in [-0.25, -0.2) is 0 Å². The van der Waals surface area contributed by atoms with Crippen LogP contribution in [-0.4, -0.2) is 57.1 Å². The van der Waals surface area contributed by atoms with Crippen molar-refractivity contribution in [3.05, 3.63) is 36.2 Å². The van der Waals surface area contributed by atoms with Gasteiger partial charge in [0.15, 0.2) is 5.82 Å². The average Bonchev–Trinajstić information content (AvgIpc) is 3.27. The van der Waals surface area contributed by atoms with Crippen LogP contribution in [0.2, 0.25) is 0 Å². The second-order valence-electron chi connectivity index (χ2n) is 6.93. The molecule has 0 aliphatic carbocycles. The highest BCUT2D eigenvalue weighted by Gasteiger charge is 2.42. The lowest BCUT2D eigenvalue weighted by Crippen LogP contribution is -2.46. The van der Waals surface area contributed by atoms with E-state index in [4.69, 9.17) is 9.26 Å². The largest absolute Gasteiger partial charge is 0.363 e. The topological polar surface area (TPSA) is 110 Å². The molecule has 4 rings (SSSR count). The SMILES string of the molecule is Cc1noc(CC(=O)N2CC[C@H]3C[C@@H](C(=O)Nc4cccnc4)O[C@H]3C2)n1. The van der Waals surface area contributed by atoms with Crippen molar-refractivity contribution >= 4 is 17.5 Å². The molecule has 0 saturated carbocycles. The van der Waals surface area contributed by atoms with E-state index in [0.717, 1.165) is 6.42 Å². The molecule has 9 nitrogen and oxygen atoms in total. The molecule has 2 amide bonds. The lowest BCUT2D eigenvalue weighted by Gasteiger charge is -2.33. The van der Waals surface area contributed by atoms with Gasteiger partial charge < -0.3 is 19.5 Å². The number of nitrogens with zero attached hydrogens (tertiary/aromatic N) is 4. The molecule has 4 heterocycles.